The van der Waals surface area contributed by atoms with E-state index in [9.17, 15) is 0 Å². The highest BCUT2D eigenvalue weighted by Crippen LogP contribution is 2.21. The van der Waals surface area contributed by atoms with Crippen LogP contribution in [0.3, 0.4) is 0 Å². The number of hydrogen-bond acceptors (Lipinski definition) is 0. The fourth-order valence-electron chi connectivity index (χ4n) is 2.43. The minimum atomic E-state index is 0.562. The molecule has 1 unspecified atom stereocenters. The molecule has 0 spiro atoms. The largest absolute Gasteiger partial charge is 0.0806 e. The minimum absolute atomic E-state index is 0.562. The zero-order valence-electron chi connectivity index (χ0n) is 11.0. The molecule has 1 aromatic carbocycles. The van der Waals surface area contributed by atoms with E-state index in [0.29, 0.717) is 5.92 Å². The van der Waals surface area contributed by atoms with Crippen LogP contribution in [0.4, 0.5) is 0 Å². The van der Waals surface area contributed by atoms with Crippen molar-refractivity contribution in [1.82, 2.24) is 0 Å². The number of rotatable bonds is 3. The van der Waals surface area contributed by atoms with Gasteiger partial charge in [-0.05, 0) is 49.3 Å². The zero-order chi connectivity index (χ0) is 12.3. The summed E-state index contributed by atoms with van der Waals surface area (Å²) in [4.78, 5) is 0. The molecule has 0 saturated carbocycles. The molecule has 1 aliphatic rings. The average Bonchev–Trinajstić information content (AvgIpc) is 2.32. The van der Waals surface area contributed by atoms with Crippen molar-refractivity contribution in [3.63, 3.8) is 0 Å². The lowest BCUT2D eigenvalue weighted by molar-refractivity contribution is 0.787. The summed E-state index contributed by atoms with van der Waals surface area (Å²) < 4.78 is 0. The molecule has 1 aliphatic carbocycles. The van der Waals surface area contributed by atoms with Crippen molar-refractivity contribution in [3.8, 4) is 0 Å². The lowest BCUT2D eigenvalue weighted by atomic mass is 9.91. The second-order valence-electron chi connectivity index (χ2n) is 4.94. The Morgan fingerprint density at radius 1 is 1.18 bits per heavy atom. The lowest BCUT2D eigenvalue weighted by Gasteiger charge is -2.15. The van der Waals surface area contributed by atoms with Gasteiger partial charge in [0.15, 0.2) is 0 Å². The van der Waals surface area contributed by atoms with Gasteiger partial charge in [0, 0.05) is 6.42 Å². The van der Waals surface area contributed by atoms with Crippen LogP contribution in [0.2, 0.25) is 0 Å². The monoisotopic (exact) mass is 225 g/mol. The van der Waals surface area contributed by atoms with E-state index in [2.05, 4.69) is 63.6 Å². The SMILES string of the molecule is CCc1cc(CC2C=C[CH]C(C)=C2)ccc1C. The average molecular weight is 225 g/mol. The lowest BCUT2D eigenvalue weighted by Crippen LogP contribution is -2.03. The maximum atomic E-state index is 2.37. The summed E-state index contributed by atoms with van der Waals surface area (Å²) in [6.45, 7) is 6.59. The van der Waals surface area contributed by atoms with Crippen LogP contribution in [-0.2, 0) is 12.8 Å². The number of allylic oxidation sites excluding steroid dienone is 4. The Kier molecular flexibility index (Phi) is 3.83. The summed E-state index contributed by atoms with van der Waals surface area (Å²) in [7, 11) is 0. The van der Waals surface area contributed by atoms with E-state index in [1.165, 1.54) is 22.3 Å². The molecule has 0 amide bonds. The van der Waals surface area contributed by atoms with Crippen LogP contribution in [0.25, 0.3) is 0 Å². The normalized spacial score (nSPS) is 19.2. The summed E-state index contributed by atoms with van der Waals surface area (Å²) in [5.74, 6) is 0.562. The molecule has 0 aliphatic heterocycles. The maximum absolute atomic E-state index is 2.37. The van der Waals surface area contributed by atoms with E-state index in [1.807, 2.05) is 0 Å². The molecule has 2 rings (SSSR count). The Labute approximate surface area is 105 Å². The fourth-order valence-corrected chi connectivity index (χ4v) is 2.43. The Balaban J connectivity index is 2.13. The van der Waals surface area contributed by atoms with Gasteiger partial charge in [-0.25, -0.2) is 0 Å². The predicted octanol–water partition coefficient (Wildman–Crippen LogP) is 4.44. The van der Waals surface area contributed by atoms with Gasteiger partial charge in [-0.1, -0.05) is 48.9 Å². The number of aryl methyl sites for hydroxylation is 2. The van der Waals surface area contributed by atoms with Gasteiger partial charge < -0.3 is 0 Å². The van der Waals surface area contributed by atoms with Crippen molar-refractivity contribution in [2.45, 2.75) is 33.6 Å². The second-order valence-corrected chi connectivity index (χ2v) is 4.94. The van der Waals surface area contributed by atoms with Crippen molar-refractivity contribution in [3.05, 3.63) is 65.1 Å². The molecule has 0 aromatic heterocycles. The van der Waals surface area contributed by atoms with Crippen molar-refractivity contribution in [2.75, 3.05) is 0 Å². The third-order valence-corrected chi connectivity index (χ3v) is 3.46. The molecule has 17 heavy (non-hydrogen) atoms. The first kappa shape index (κ1) is 12.2. The Morgan fingerprint density at radius 2 is 2.00 bits per heavy atom. The standard InChI is InChI=1S/C17H21/c1-4-17-12-16(9-8-14(17)3)11-15-7-5-6-13(2)10-15/h5-10,12,15H,4,11H2,1-3H3. The highest BCUT2D eigenvalue weighted by atomic mass is 14.1. The topological polar surface area (TPSA) is 0 Å². The maximum Gasteiger partial charge on any atom is 0.00745 e. The highest BCUT2D eigenvalue weighted by Gasteiger charge is 2.08. The molecule has 89 valence electrons. The molecule has 0 bridgehead atoms. The first-order valence-electron chi connectivity index (χ1n) is 6.47. The first-order chi connectivity index (χ1) is 8.19. The number of benzene rings is 1. The molecular formula is C17H21. The molecule has 0 nitrogen and oxygen atoms in total. The Bertz CT molecular complexity index is 449. The summed E-state index contributed by atoms with van der Waals surface area (Å²) in [6, 6.07) is 6.89. The van der Waals surface area contributed by atoms with E-state index in [1.54, 1.807) is 0 Å². The first-order valence-corrected chi connectivity index (χ1v) is 6.47. The highest BCUT2D eigenvalue weighted by molar-refractivity contribution is 5.34. The van der Waals surface area contributed by atoms with Gasteiger partial charge in [0.1, 0.15) is 0 Å². The summed E-state index contributed by atoms with van der Waals surface area (Å²) in [6.07, 6.45) is 11.2. The van der Waals surface area contributed by atoms with Crippen LogP contribution >= 0.6 is 0 Å². The van der Waals surface area contributed by atoms with Gasteiger partial charge in [-0.3, -0.25) is 0 Å². The van der Waals surface area contributed by atoms with Crippen molar-refractivity contribution in [1.29, 1.82) is 0 Å². The smallest absolute Gasteiger partial charge is 0.00745 e. The zero-order valence-corrected chi connectivity index (χ0v) is 11.0. The molecule has 0 fully saturated rings. The summed E-state index contributed by atoms with van der Waals surface area (Å²) >= 11 is 0. The third kappa shape index (κ3) is 3.09. The van der Waals surface area contributed by atoms with Crippen molar-refractivity contribution < 1.29 is 0 Å². The molecule has 1 aromatic rings. The van der Waals surface area contributed by atoms with Crippen molar-refractivity contribution in [2.24, 2.45) is 5.92 Å². The van der Waals surface area contributed by atoms with E-state index in [4.69, 9.17) is 0 Å². The van der Waals surface area contributed by atoms with Crippen LogP contribution in [0, 0.1) is 19.3 Å². The molecule has 0 heteroatoms. The molecule has 1 radical (unpaired) electrons. The molecule has 0 saturated heterocycles. The summed E-state index contributed by atoms with van der Waals surface area (Å²) in [5.41, 5.74) is 5.72. The predicted molar refractivity (Wildman–Crippen MR) is 74.9 cm³/mol. The van der Waals surface area contributed by atoms with E-state index < -0.39 is 0 Å². The minimum Gasteiger partial charge on any atom is -0.0806 e. The van der Waals surface area contributed by atoms with Crippen LogP contribution in [0.15, 0.2) is 42.0 Å². The van der Waals surface area contributed by atoms with Gasteiger partial charge in [-0.15, -0.1) is 0 Å². The quantitative estimate of drug-likeness (QED) is 0.713. The van der Waals surface area contributed by atoms with Crippen molar-refractivity contribution >= 4 is 0 Å². The van der Waals surface area contributed by atoms with Crippen LogP contribution in [0.1, 0.15) is 30.5 Å². The van der Waals surface area contributed by atoms with Gasteiger partial charge >= 0.3 is 0 Å². The second kappa shape index (κ2) is 5.35. The Morgan fingerprint density at radius 3 is 2.71 bits per heavy atom. The van der Waals surface area contributed by atoms with E-state index in [-0.39, 0.29) is 0 Å². The van der Waals surface area contributed by atoms with Gasteiger partial charge in [0.05, 0.1) is 0 Å². The van der Waals surface area contributed by atoms with Gasteiger partial charge in [0.2, 0.25) is 0 Å². The molecule has 0 N–H and O–H groups in total. The van der Waals surface area contributed by atoms with E-state index in [0.717, 1.165) is 12.8 Å². The summed E-state index contributed by atoms with van der Waals surface area (Å²) in [5, 5.41) is 0. The molecular weight excluding hydrogens is 204 g/mol. The van der Waals surface area contributed by atoms with Crippen LogP contribution in [-0.4, -0.2) is 0 Å². The van der Waals surface area contributed by atoms with E-state index >= 15 is 0 Å². The third-order valence-electron chi connectivity index (χ3n) is 3.46. The van der Waals surface area contributed by atoms with Gasteiger partial charge in [-0.2, -0.15) is 0 Å². The Hall–Kier alpha value is -1.30. The van der Waals surface area contributed by atoms with Crippen LogP contribution < -0.4 is 0 Å². The fraction of sp³-hybridized carbons (Fsp3) is 0.353. The molecule has 0 heterocycles. The number of hydrogen-bond donors (Lipinski definition) is 0. The molecule has 1 atom stereocenters. The van der Waals surface area contributed by atoms with Crippen LogP contribution in [0.5, 0.6) is 0 Å². The van der Waals surface area contributed by atoms with Gasteiger partial charge in [0.25, 0.3) is 0 Å².